The van der Waals surface area contributed by atoms with E-state index in [2.05, 4.69) is 47.5 Å². The van der Waals surface area contributed by atoms with E-state index in [-0.39, 0.29) is 17.7 Å². The molecular formula is C25H27N3O2S. The summed E-state index contributed by atoms with van der Waals surface area (Å²) in [4.78, 5) is 27.4. The van der Waals surface area contributed by atoms with Crippen LogP contribution in [-0.4, -0.2) is 29.8 Å². The molecule has 3 aromatic rings. The monoisotopic (exact) mass is 433 g/mol. The third-order valence-corrected chi connectivity index (χ3v) is 6.73. The number of hydrogen-bond donors (Lipinski definition) is 2. The molecular weight excluding hydrogens is 406 g/mol. The van der Waals surface area contributed by atoms with Gasteiger partial charge in [-0.15, -0.1) is 11.3 Å². The van der Waals surface area contributed by atoms with Crippen molar-refractivity contribution in [2.75, 3.05) is 18.4 Å². The van der Waals surface area contributed by atoms with Crippen LogP contribution in [-0.2, 0) is 11.3 Å². The number of carbonyl (C=O) groups is 2. The molecule has 1 aliphatic heterocycles. The highest BCUT2D eigenvalue weighted by atomic mass is 32.1. The van der Waals surface area contributed by atoms with Gasteiger partial charge in [-0.2, -0.15) is 0 Å². The highest BCUT2D eigenvalue weighted by Gasteiger charge is 2.23. The van der Waals surface area contributed by atoms with Crippen molar-refractivity contribution in [3.05, 3.63) is 76.0 Å². The topological polar surface area (TPSA) is 75.4 Å². The van der Waals surface area contributed by atoms with E-state index in [1.54, 1.807) is 0 Å². The van der Waals surface area contributed by atoms with Gasteiger partial charge in [0.2, 0.25) is 5.91 Å². The summed E-state index contributed by atoms with van der Waals surface area (Å²) in [6, 6.07) is 18.2. The maximum absolute atomic E-state index is 13.0. The van der Waals surface area contributed by atoms with Gasteiger partial charge in [0.15, 0.2) is 0 Å². The van der Waals surface area contributed by atoms with Gasteiger partial charge in [-0.1, -0.05) is 42.0 Å². The van der Waals surface area contributed by atoms with Gasteiger partial charge in [-0.25, -0.2) is 0 Å². The summed E-state index contributed by atoms with van der Waals surface area (Å²) in [6.07, 6.45) is 1.62. The van der Waals surface area contributed by atoms with E-state index >= 15 is 0 Å². The number of thiophene rings is 1. The Morgan fingerprint density at radius 1 is 1.10 bits per heavy atom. The largest absolute Gasteiger partial charge is 0.369 e. The Morgan fingerprint density at radius 3 is 2.55 bits per heavy atom. The molecule has 1 saturated heterocycles. The second kappa shape index (κ2) is 9.45. The molecule has 1 aliphatic rings. The molecule has 0 unspecified atom stereocenters. The number of rotatable bonds is 6. The average molecular weight is 434 g/mol. The lowest BCUT2D eigenvalue weighted by Gasteiger charge is -2.30. The Morgan fingerprint density at radius 2 is 1.84 bits per heavy atom. The molecule has 0 saturated carbocycles. The van der Waals surface area contributed by atoms with E-state index in [4.69, 9.17) is 5.73 Å². The fraction of sp³-hybridized carbons (Fsp3) is 0.280. The number of amides is 2. The number of anilines is 1. The molecule has 2 heterocycles. The van der Waals surface area contributed by atoms with Gasteiger partial charge in [-0.05, 0) is 67.6 Å². The summed E-state index contributed by atoms with van der Waals surface area (Å²) in [6.45, 7) is 4.57. The summed E-state index contributed by atoms with van der Waals surface area (Å²) in [5, 5.41) is 5.01. The molecule has 0 radical (unpaired) electrons. The molecule has 0 atom stereocenters. The molecule has 2 aromatic carbocycles. The molecule has 1 aromatic heterocycles. The molecule has 0 spiro atoms. The standard InChI is InChI=1S/C25H27N3O2S/c1-17-5-7-19(8-6-17)22-11-14-31-23(22)25(30)27-21-4-2-3-18(15-21)16-28-12-9-20(10-13-28)24(26)29/h2-8,11,14-15,20H,9-10,12-13,16H2,1H3,(H2,26,29)(H,27,30). The average Bonchev–Trinajstić information content (AvgIpc) is 3.25. The zero-order valence-corrected chi connectivity index (χ0v) is 18.5. The van der Waals surface area contributed by atoms with E-state index in [9.17, 15) is 9.59 Å². The van der Waals surface area contributed by atoms with Crippen LogP contribution < -0.4 is 11.1 Å². The normalized spacial score (nSPS) is 15.0. The van der Waals surface area contributed by atoms with Crippen LogP contribution in [0.3, 0.4) is 0 Å². The molecule has 3 N–H and O–H groups in total. The number of piperidine rings is 1. The van der Waals surface area contributed by atoms with Gasteiger partial charge in [0.1, 0.15) is 0 Å². The number of likely N-dealkylation sites (tertiary alicyclic amines) is 1. The molecule has 160 valence electrons. The molecule has 0 aliphatic carbocycles. The molecule has 5 nitrogen and oxygen atoms in total. The van der Waals surface area contributed by atoms with Crippen LogP contribution in [0.1, 0.15) is 33.6 Å². The van der Waals surface area contributed by atoms with Crippen molar-refractivity contribution < 1.29 is 9.59 Å². The van der Waals surface area contributed by atoms with Gasteiger partial charge < -0.3 is 11.1 Å². The number of carbonyl (C=O) groups excluding carboxylic acids is 2. The zero-order valence-electron chi connectivity index (χ0n) is 17.6. The van der Waals surface area contributed by atoms with Crippen molar-refractivity contribution in [1.82, 2.24) is 4.90 Å². The lowest BCUT2D eigenvalue weighted by Crippen LogP contribution is -2.38. The number of nitrogens with one attached hydrogen (secondary N) is 1. The summed E-state index contributed by atoms with van der Waals surface area (Å²) in [7, 11) is 0. The predicted octanol–water partition coefficient (Wildman–Crippen LogP) is 4.67. The van der Waals surface area contributed by atoms with Crippen molar-refractivity contribution in [3.63, 3.8) is 0 Å². The molecule has 6 heteroatoms. The Hall–Kier alpha value is -2.96. The highest BCUT2D eigenvalue weighted by molar-refractivity contribution is 7.12. The van der Waals surface area contributed by atoms with Crippen molar-refractivity contribution in [2.24, 2.45) is 11.7 Å². The summed E-state index contributed by atoms with van der Waals surface area (Å²) >= 11 is 1.45. The van der Waals surface area contributed by atoms with Crippen molar-refractivity contribution in [1.29, 1.82) is 0 Å². The highest BCUT2D eigenvalue weighted by Crippen LogP contribution is 2.29. The van der Waals surface area contributed by atoms with Crippen molar-refractivity contribution >= 4 is 28.8 Å². The first kappa shape index (κ1) is 21.3. The van der Waals surface area contributed by atoms with Gasteiger partial charge in [0.05, 0.1) is 4.88 Å². The Labute approximate surface area is 186 Å². The van der Waals surface area contributed by atoms with Crippen molar-refractivity contribution in [2.45, 2.75) is 26.3 Å². The van der Waals surface area contributed by atoms with E-state index in [1.165, 1.54) is 16.9 Å². The molecule has 31 heavy (non-hydrogen) atoms. The quantitative estimate of drug-likeness (QED) is 0.593. The minimum Gasteiger partial charge on any atom is -0.369 e. The van der Waals surface area contributed by atoms with Crippen LogP contribution in [0.2, 0.25) is 0 Å². The van der Waals surface area contributed by atoms with Crippen LogP contribution in [0.15, 0.2) is 60.0 Å². The van der Waals surface area contributed by atoms with Crippen LogP contribution in [0.4, 0.5) is 5.69 Å². The van der Waals surface area contributed by atoms with Gasteiger partial charge in [0.25, 0.3) is 5.91 Å². The van der Waals surface area contributed by atoms with Gasteiger partial charge >= 0.3 is 0 Å². The number of hydrogen-bond acceptors (Lipinski definition) is 4. The number of nitrogens with zero attached hydrogens (tertiary/aromatic N) is 1. The molecule has 0 bridgehead atoms. The maximum atomic E-state index is 13.0. The number of primary amides is 1. The van der Waals surface area contributed by atoms with Crippen LogP contribution in [0, 0.1) is 12.8 Å². The van der Waals surface area contributed by atoms with Crippen LogP contribution in [0.25, 0.3) is 11.1 Å². The lowest BCUT2D eigenvalue weighted by atomic mass is 9.96. The number of nitrogens with two attached hydrogens (primary N) is 1. The van der Waals surface area contributed by atoms with Gasteiger partial charge in [0, 0.05) is 23.7 Å². The van der Waals surface area contributed by atoms with Crippen LogP contribution in [0.5, 0.6) is 0 Å². The smallest absolute Gasteiger partial charge is 0.266 e. The minimum absolute atomic E-state index is 0.00427. The first-order valence-electron chi connectivity index (χ1n) is 10.6. The summed E-state index contributed by atoms with van der Waals surface area (Å²) in [5.74, 6) is -0.289. The SMILES string of the molecule is Cc1ccc(-c2ccsc2C(=O)Nc2cccc(CN3CCC(C(N)=O)CC3)c2)cc1. The molecule has 2 amide bonds. The Kier molecular flexibility index (Phi) is 6.49. The first-order valence-corrected chi connectivity index (χ1v) is 11.4. The third-order valence-electron chi connectivity index (χ3n) is 5.82. The predicted molar refractivity (Wildman–Crippen MR) is 126 cm³/mol. The van der Waals surface area contributed by atoms with Gasteiger partial charge in [-0.3, -0.25) is 14.5 Å². The summed E-state index contributed by atoms with van der Waals surface area (Å²) < 4.78 is 0. The first-order chi connectivity index (χ1) is 15.0. The number of aryl methyl sites for hydroxylation is 1. The lowest BCUT2D eigenvalue weighted by molar-refractivity contribution is -0.123. The number of benzene rings is 2. The maximum Gasteiger partial charge on any atom is 0.266 e. The third kappa shape index (κ3) is 5.21. The fourth-order valence-electron chi connectivity index (χ4n) is 4.01. The summed E-state index contributed by atoms with van der Waals surface area (Å²) in [5.41, 5.74) is 10.6. The van der Waals surface area contributed by atoms with E-state index in [0.717, 1.165) is 54.9 Å². The Balaban J connectivity index is 1.42. The molecule has 1 fully saturated rings. The second-order valence-electron chi connectivity index (χ2n) is 8.14. The van der Waals surface area contributed by atoms with Crippen LogP contribution >= 0.6 is 11.3 Å². The van der Waals surface area contributed by atoms with Crippen molar-refractivity contribution in [3.8, 4) is 11.1 Å². The zero-order chi connectivity index (χ0) is 21.8. The van der Waals surface area contributed by atoms with E-state index in [1.807, 2.05) is 29.6 Å². The minimum atomic E-state index is -0.192. The Bertz CT molecular complexity index is 1070. The molecule has 4 rings (SSSR count). The fourth-order valence-corrected chi connectivity index (χ4v) is 4.83. The van der Waals surface area contributed by atoms with E-state index in [0.29, 0.717) is 4.88 Å². The van der Waals surface area contributed by atoms with E-state index < -0.39 is 0 Å². The second-order valence-corrected chi connectivity index (χ2v) is 9.05.